The average molecular weight is 387 g/mol. The molecule has 0 saturated carbocycles. The van der Waals surface area contributed by atoms with Gasteiger partial charge in [0, 0.05) is 16.3 Å². The van der Waals surface area contributed by atoms with Crippen LogP contribution in [0, 0.1) is 0 Å². The van der Waals surface area contributed by atoms with E-state index in [0.717, 1.165) is 5.56 Å². The molecule has 9 heteroatoms. The number of hydrogen-bond donors (Lipinski definition) is 0. The fraction of sp³-hybridized carbons (Fsp3) is 0.222. The first-order valence-corrected chi connectivity index (χ1v) is 8.50. The number of azide groups is 1. The number of carbonyl (C=O) groups excluding carboxylic acids is 2. The average Bonchev–Trinajstić information content (AvgIpc) is 2.71. The van der Waals surface area contributed by atoms with Gasteiger partial charge < -0.3 is 9.47 Å². The molecule has 1 aliphatic heterocycles. The summed E-state index contributed by atoms with van der Waals surface area (Å²) in [5, 5.41) is 3.53. The first-order chi connectivity index (χ1) is 13.1. The van der Waals surface area contributed by atoms with Crippen LogP contribution in [0.1, 0.15) is 11.6 Å². The van der Waals surface area contributed by atoms with Crippen LogP contribution in [0.15, 0.2) is 53.6 Å². The molecule has 1 heterocycles. The molecule has 1 fully saturated rings. The first kappa shape index (κ1) is 18.6. The number of rotatable bonds is 6. The first-order valence-electron chi connectivity index (χ1n) is 7.96. The summed E-state index contributed by atoms with van der Waals surface area (Å²) in [6, 6.07) is 13.2. The van der Waals surface area contributed by atoms with Gasteiger partial charge in [0.15, 0.2) is 0 Å². The van der Waals surface area contributed by atoms with Gasteiger partial charge in [-0.15, -0.1) is 11.6 Å². The molecule has 1 amide bonds. The van der Waals surface area contributed by atoms with Crippen LogP contribution in [-0.2, 0) is 14.3 Å². The van der Waals surface area contributed by atoms with Crippen LogP contribution in [0.4, 0.5) is 11.4 Å². The van der Waals surface area contributed by atoms with E-state index in [1.807, 2.05) is 0 Å². The van der Waals surface area contributed by atoms with Crippen molar-refractivity contribution in [3.05, 3.63) is 64.5 Å². The monoisotopic (exact) mass is 386 g/mol. The molecule has 2 aromatic carbocycles. The minimum atomic E-state index is -0.969. The van der Waals surface area contributed by atoms with Crippen molar-refractivity contribution < 1.29 is 19.1 Å². The third kappa shape index (κ3) is 3.67. The molecule has 1 saturated heterocycles. The lowest BCUT2D eigenvalue weighted by Gasteiger charge is -2.46. The molecule has 0 spiro atoms. The normalized spacial score (nSPS) is 18.3. The van der Waals surface area contributed by atoms with Gasteiger partial charge in [0.05, 0.1) is 7.11 Å². The molecule has 0 aromatic heterocycles. The molecular formula is C18H15ClN4O4. The molecule has 2 atom stereocenters. The van der Waals surface area contributed by atoms with Gasteiger partial charge in [0.25, 0.3) is 5.91 Å². The van der Waals surface area contributed by atoms with E-state index in [9.17, 15) is 9.59 Å². The highest BCUT2D eigenvalue weighted by Gasteiger charge is 2.51. The maximum atomic E-state index is 12.6. The highest BCUT2D eigenvalue weighted by atomic mass is 35.5. The minimum absolute atomic E-state index is 0.338. The van der Waals surface area contributed by atoms with Crippen molar-refractivity contribution >= 4 is 34.9 Å². The van der Waals surface area contributed by atoms with Crippen molar-refractivity contribution in [2.75, 3.05) is 17.9 Å². The Morgan fingerprint density at radius 1 is 1.22 bits per heavy atom. The van der Waals surface area contributed by atoms with E-state index in [4.69, 9.17) is 26.6 Å². The van der Waals surface area contributed by atoms with E-state index in [1.165, 1.54) is 4.90 Å². The zero-order chi connectivity index (χ0) is 19.4. The lowest BCUT2D eigenvalue weighted by molar-refractivity contribution is -0.160. The summed E-state index contributed by atoms with van der Waals surface area (Å²) < 4.78 is 10.4. The highest BCUT2D eigenvalue weighted by Crippen LogP contribution is 2.41. The van der Waals surface area contributed by atoms with Gasteiger partial charge in [0.2, 0.25) is 6.10 Å². The molecule has 0 unspecified atom stereocenters. The van der Waals surface area contributed by atoms with Crippen LogP contribution in [0.25, 0.3) is 10.4 Å². The third-order valence-electron chi connectivity index (χ3n) is 4.16. The van der Waals surface area contributed by atoms with Crippen LogP contribution < -0.4 is 9.64 Å². The molecule has 8 nitrogen and oxygen atoms in total. The molecule has 1 aliphatic rings. The molecule has 3 rings (SSSR count). The molecule has 138 valence electrons. The summed E-state index contributed by atoms with van der Waals surface area (Å²) in [5.74, 6) is -0.690. The second kappa shape index (κ2) is 7.99. The number of amides is 1. The number of halogens is 1. The predicted octanol–water partition coefficient (Wildman–Crippen LogP) is 3.88. The number of carbonyl (C=O) groups is 2. The number of hydrogen-bond acceptors (Lipinski definition) is 5. The lowest BCUT2D eigenvalue weighted by atomic mass is 9.89. The van der Waals surface area contributed by atoms with Crippen LogP contribution >= 0.6 is 11.6 Å². The van der Waals surface area contributed by atoms with E-state index in [2.05, 4.69) is 10.0 Å². The summed E-state index contributed by atoms with van der Waals surface area (Å²) in [6.45, 7) is 0. The van der Waals surface area contributed by atoms with Crippen LogP contribution in [0.5, 0.6) is 5.75 Å². The lowest BCUT2D eigenvalue weighted by Crippen LogP contribution is -2.60. The smallest absolute Gasteiger partial charge is 0.321 e. The summed E-state index contributed by atoms with van der Waals surface area (Å²) in [7, 11) is 1.56. The summed E-state index contributed by atoms with van der Waals surface area (Å²) in [5.41, 5.74) is 10.3. The van der Waals surface area contributed by atoms with Gasteiger partial charge in [-0.1, -0.05) is 29.4 Å². The van der Waals surface area contributed by atoms with Gasteiger partial charge in [0.1, 0.15) is 17.7 Å². The second-order valence-electron chi connectivity index (χ2n) is 5.68. The van der Waals surface area contributed by atoms with E-state index in [0.29, 0.717) is 17.1 Å². The highest BCUT2D eigenvalue weighted by molar-refractivity contribution is 6.26. The molecule has 0 bridgehead atoms. The Bertz CT molecular complexity index is 895. The van der Waals surface area contributed by atoms with Gasteiger partial charge in [-0.25, -0.2) is 0 Å². The zero-order valence-electron chi connectivity index (χ0n) is 14.3. The summed E-state index contributed by atoms with van der Waals surface area (Å²) >= 11 is 5.50. The molecule has 2 aromatic rings. The molecular weight excluding hydrogens is 372 g/mol. The Hall–Kier alpha value is -3.22. The maximum Gasteiger partial charge on any atom is 0.321 e. The van der Waals surface area contributed by atoms with Crippen LogP contribution in [0.2, 0.25) is 0 Å². The van der Waals surface area contributed by atoms with Crippen molar-refractivity contribution in [3.8, 4) is 5.75 Å². The number of nitrogens with zero attached hydrogens (tertiary/aromatic N) is 4. The third-order valence-corrected chi connectivity index (χ3v) is 4.38. The van der Waals surface area contributed by atoms with Crippen LogP contribution in [0.3, 0.4) is 0 Å². The molecule has 27 heavy (non-hydrogen) atoms. The Kier molecular flexibility index (Phi) is 5.49. The number of β-lactam (4-membered cyclic amide) rings is 1. The number of methoxy groups -OCH3 is 1. The fourth-order valence-electron chi connectivity index (χ4n) is 2.89. The van der Waals surface area contributed by atoms with E-state index in [1.54, 1.807) is 55.6 Å². The van der Waals surface area contributed by atoms with Crippen LogP contribution in [-0.4, -0.2) is 31.0 Å². The SMILES string of the molecule is COc1ccc(N2C(=O)[C@H](OC(=O)CCl)[C@@H]2c2ccc(N=[N+]=[N-])cc2)cc1. The number of ether oxygens (including phenoxy) is 2. The van der Waals surface area contributed by atoms with Crippen molar-refractivity contribution in [1.29, 1.82) is 0 Å². The maximum absolute atomic E-state index is 12.6. The van der Waals surface area contributed by atoms with Crippen molar-refractivity contribution in [1.82, 2.24) is 0 Å². The number of anilines is 1. The van der Waals surface area contributed by atoms with Crippen molar-refractivity contribution in [2.45, 2.75) is 12.1 Å². The fourth-order valence-corrected chi connectivity index (χ4v) is 2.96. The van der Waals surface area contributed by atoms with E-state index < -0.39 is 18.1 Å². The Morgan fingerprint density at radius 2 is 1.89 bits per heavy atom. The predicted molar refractivity (Wildman–Crippen MR) is 99.1 cm³/mol. The van der Waals surface area contributed by atoms with Gasteiger partial charge >= 0.3 is 5.97 Å². The molecule has 0 aliphatic carbocycles. The van der Waals surface area contributed by atoms with E-state index in [-0.39, 0.29) is 11.8 Å². The summed E-state index contributed by atoms with van der Waals surface area (Å²) in [6.07, 6.45) is -0.969. The largest absolute Gasteiger partial charge is 0.497 e. The molecule has 0 radical (unpaired) electrons. The van der Waals surface area contributed by atoms with Gasteiger partial charge in [-0.3, -0.25) is 14.5 Å². The topological polar surface area (TPSA) is 105 Å². The Balaban J connectivity index is 1.94. The molecule has 0 N–H and O–H groups in total. The van der Waals surface area contributed by atoms with Crippen molar-refractivity contribution in [2.24, 2.45) is 5.11 Å². The summed E-state index contributed by atoms with van der Waals surface area (Å²) in [4.78, 5) is 28.5. The van der Waals surface area contributed by atoms with Gasteiger partial charge in [-0.2, -0.15) is 0 Å². The Labute approximate surface area is 159 Å². The van der Waals surface area contributed by atoms with Crippen molar-refractivity contribution in [3.63, 3.8) is 0 Å². The van der Waals surface area contributed by atoms with Gasteiger partial charge in [-0.05, 0) is 35.4 Å². The second-order valence-corrected chi connectivity index (χ2v) is 5.94. The number of alkyl halides is 1. The quantitative estimate of drug-likeness (QED) is 0.187. The zero-order valence-corrected chi connectivity index (χ0v) is 15.0. The minimum Gasteiger partial charge on any atom is -0.497 e. The van der Waals surface area contributed by atoms with E-state index >= 15 is 0 Å². The standard InChI is InChI=1S/C18H15ClN4O4/c1-26-14-8-6-13(7-9-14)23-16(17(18(23)25)27-15(24)10-19)11-2-4-12(5-3-11)21-22-20/h2-9,16-17H,10H2,1H3/t16-,17+/m0/s1. The number of esters is 1. The number of benzene rings is 2. The Morgan fingerprint density at radius 3 is 2.44 bits per heavy atom.